The van der Waals surface area contributed by atoms with Gasteiger partial charge >= 0.3 is 0 Å². The lowest BCUT2D eigenvalue weighted by Gasteiger charge is -2.29. The third kappa shape index (κ3) is 6.40. The lowest BCUT2D eigenvalue weighted by atomic mass is 10.1. The van der Waals surface area contributed by atoms with Gasteiger partial charge in [0.2, 0.25) is 5.91 Å². The monoisotopic (exact) mass is 517 g/mol. The molecule has 0 unspecified atom stereocenters. The highest BCUT2D eigenvalue weighted by molar-refractivity contribution is 5.96. The largest absolute Gasteiger partial charge is 0.497 e. The third-order valence-electron chi connectivity index (χ3n) is 6.74. The Morgan fingerprint density at radius 1 is 0.842 bits per heavy atom. The average molecular weight is 518 g/mol. The van der Waals surface area contributed by atoms with Crippen LogP contribution in [0.1, 0.15) is 30.6 Å². The van der Waals surface area contributed by atoms with Gasteiger partial charge in [-0.3, -0.25) is 9.59 Å². The van der Waals surface area contributed by atoms with Gasteiger partial charge in [-0.1, -0.05) is 0 Å². The van der Waals surface area contributed by atoms with E-state index in [1.165, 1.54) is 0 Å². The van der Waals surface area contributed by atoms with Crippen LogP contribution in [0.25, 0.3) is 11.3 Å². The van der Waals surface area contributed by atoms with E-state index in [9.17, 15) is 9.59 Å². The lowest BCUT2D eigenvalue weighted by Crippen LogP contribution is -2.46. The van der Waals surface area contributed by atoms with E-state index in [-0.39, 0.29) is 24.4 Å². The molecule has 1 fully saturated rings. The maximum absolute atomic E-state index is 13.2. The van der Waals surface area contributed by atoms with Crippen LogP contribution in [-0.2, 0) is 4.79 Å². The summed E-state index contributed by atoms with van der Waals surface area (Å²) in [5.74, 6) is 2.05. The molecule has 2 heterocycles. The number of amides is 2. The molecule has 3 aromatic rings. The van der Waals surface area contributed by atoms with Gasteiger partial charge in [0.1, 0.15) is 18.0 Å². The molecule has 9 heteroatoms. The molecule has 4 rings (SSSR count). The average Bonchev–Trinajstić information content (AvgIpc) is 3.22. The Balaban J connectivity index is 1.36. The van der Waals surface area contributed by atoms with Crippen molar-refractivity contribution in [2.45, 2.75) is 26.3 Å². The van der Waals surface area contributed by atoms with Gasteiger partial charge in [0.25, 0.3) is 5.91 Å². The lowest BCUT2D eigenvalue weighted by molar-refractivity contribution is -0.132. The first-order valence-corrected chi connectivity index (χ1v) is 12.9. The van der Waals surface area contributed by atoms with Gasteiger partial charge in [-0.05, 0) is 80.9 Å². The van der Waals surface area contributed by atoms with Crippen LogP contribution in [0.4, 0.5) is 5.82 Å². The molecule has 200 valence electrons. The summed E-state index contributed by atoms with van der Waals surface area (Å²) in [6.07, 6.45) is 0.807. The minimum Gasteiger partial charge on any atom is -0.497 e. The molecular formula is C29H35N5O4. The molecule has 0 saturated carbocycles. The number of aromatic nitrogens is 2. The Morgan fingerprint density at radius 2 is 1.50 bits per heavy atom. The predicted octanol–water partition coefficient (Wildman–Crippen LogP) is 3.75. The summed E-state index contributed by atoms with van der Waals surface area (Å²) in [5, 5.41) is 8.87. The number of rotatable bonds is 8. The first kappa shape index (κ1) is 26.9. The summed E-state index contributed by atoms with van der Waals surface area (Å²) in [7, 11) is 3.23. The molecule has 2 amide bonds. The van der Waals surface area contributed by atoms with Crippen molar-refractivity contribution in [2.75, 3.05) is 51.8 Å². The molecule has 38 heavy (non-hydrogen) atoms. The summed E-state index contributed by atoms with van der Waals surface area (Å²) >= 11 is 0. The molecule has 1 saturated heterocycles. The number of carbonyl (C=O) groups excluding carboxylic acids is 2. The van der Waals surface area contributed by atoms with Crippen molar-refractivity contribution in [1.82, 2.24) is 20.0 Å². The van der Waals surface area contributed by atoms with Crippen LogP contribution in [0.5, 0.6) is 11.5 Å². The molecule has 1 aliphatic heterocycles. The molecule has 0 radical (unpaired) electrons. The van der Waals surface area contributed by atoms with Crippen molar-refractivity contribution in [2.24, 2.45) is 0 Å². The predicted molar refractivity (Wildman–Crippen MR) is 147 cm³/mol. The van der Waals surface area contributed by atoms with Crippen LogP contribution in [0.2, 0.25) is 0 Å². The van der Waals surface area contributed by atoms with Crippen LogP contribution in [0.15, 0.2) is 60.7 Å². The van der Waals surface area contributed by atoms with Gasteiger partial charge in [0.15, 0.2) is 5.82 Å². The van der Waals surface area contributed by atoms with E-state index in [2.05, 4.69) is 15.1 Å². The number of anilines is 1. The topological polar surface area (TPSA) is 88.1 Å². The zero-order valence-electron chi connectivity index (χ0n) is 22.5. The zero-order valence-corrected chi connectivity index (χ0v) is 22.5. The van der Waals surface area contributed by atoms with Crippen molar-refractivity contribution in [1.29, 1.82) is 0 Å². The van der Waals surface area contributed by atoms with Crippen molar-refractivity contribution < 1.29 is 19.1 Å². The summed E-state index contributed by atoms with van der Waals surface area (Å²) in [4.78, 5) is 32.0. The Morgan fingerprint density at radius 3 is 2.08 bits per heavy atom. The Kier molecular flexibility index (Phi) is 8.78. The normalized spacial score (nSPS) is 13.7. The minimum atomic E-state index is -0.167. The molecule has 0 N–H and O–H groups in total. The van der Waals surface area contributed by atoms with Crippen molar-refractivity contribution in [3.63, 3.8) is 0 Å². The first-order chi connectivity index (χ1) is 18.4. The van der Waals surface area contributed by atoms with E-state index >= 15 is 0 Å². The van der Waals surface area contributed by atoms with Crippen LogP contribution in [0.3, 0.4) is 0 Å². The van der Waals surface area contributed by atoms with E-state index < -0.39 is 0 Å². The van der Waals surface area contributed by atoms with E-state index in [0.717, 1.165) is 35.8 Å². The van der Waals surface area contributed by atoms with Gasteiger partial charge in [-0.25, -0.2) is 0 Å². The second-order valence-corrected chi connectivity index (χ2v) is 9.48. The molecule has 1 aliphatic rings. The Hall–Kier alpha value is -4.14. The fraction of sp³-hybridized carbons (Fsp3) is 0.379. The molecule has 0 bridgehead atoms. The number of methoxy groups -OCH3 is 2. The van der Waals surface area contributed by atoms with Crippen molar-refractivity contribution >= 4 is 17.6 Å². The van der Waals surface area contributed by atoms with E-state index in [0.29, 0.717) is 30.9 Å². The molecule has 0 aliphatic carbocycles. The molecular weight excluding hydrogens is 482 g/mol. The summed E-state index contributed by atoms with van der Waals surface area (Å²) in [5.41, 5.74) is 2.29. The van der Waals surface area contributed by atoms with Crippen molar-refractivity contribution in [3.05, 3.63) is 66.2 Å². The second kappa shape index (κ2) is 12.4. The van der Waals surface area contributed by atoms with Gasteiger partial charge < -0.3 is 24.2 Å². The van der Waals surface area contributed by atoms with E-state index in [4.69, 9.17) is 9.47 Å². The molecule has 1 aromatic heterocycles. The zero-order chi connectivity index (χ0) is 27.1. The van der Waals surface area contributed by atoms with Gasteiger partial charge in [-0.15, -0.1) is 10.2 Å². The highest BCUT2D eigenvalue weighted by Crippen LogP contribution is 2.22. The van der Waals surface area contributed by atoms with Gasteiger partial charge in [0.05, 0.1) is 19.9 Å². The number of hydrogen-bond donors (Lipinski definition) is 0. The first-order valence-electron chi connectivity index (χ1n) is 12.9. The maximum Gasteiger partial charge on any atom is 0.254 e. The van der Waals surface area contributed by atoms with Crippen LogP contribution in [0, 0.1) is 0 Å². The van der Waals surface area contributed by atoms with Crippen LogP contribution in [-0.4, -0.2) is 84.8 Å². The summed E-state index contributed by atoms with van der Waals surface area (Å²) in [6.45, 7) is 6.51. The van der Waals surface area contributed by atoms with Crippen LogP contribution < -0.4 is 14.4 Å². The van der Waals surface area contributed by atoms with Crippen LogP contribution >= 0.6 is 0 Å². The summed E-state index contributed by atoms with van der Waals surface area (Å²) in [6, 6.07) is 18.5. The van der Waals surface area contributed by atoms with Gasteiger partial charge in [0, 0.05) is 43.3 Å². The Bertz CT molecular complexity index is 1210. The fourth-order valence-corrected chi connectivity index (χ4v) is 4.44. The summed E-state index contributed by atoms with van der Waals surface area (Å²) < 4.78 is 10.4. The fourth-order valence-electron chi connectivity index (χ4n) is 4.44. The standard InChI is InChI=1S/C29H35N5O4/c1-21(2)34(29(36)23-8-12-25(38-4)13-9-23)20-28(35)33-17-5-16-32(18-19-33)27-15-14-26(30-31-27)22-6-10-24(37-3)11-7-22/h6-15,21H,5,16-20H2,1-4H3. The van der Waals surface area contributed by atoms with Gasteiger partial charge in [-0.2, -0.15) is 0 Å². The number of carbonyl (C=O) groups is 2. The SMILES string of the molecule is COc1ccc(C(=O)N(CC(=O)N2CCCN(c3ccc(-c4ccc(OC)cc4)nn3)CC2)C(C)C)cc1. The molecule has 0 atom stereocenters. The highest BCUT2D eigenvalue weighted by Gasteiger charge is 2.26. The number of ether oxygens (including phenoxy) is 2. The van der Waals surface area contributed by atoms with Crippen molar-refractivity contribution in [3.8, 4) is 22.8 Å². The molecule has 0 spiro atoms. The molecule has 9 nitrogen and oxygen atoms in total. The Labute approximate surface area is 224 Å². The third-order valence-corrected chi connectivity index (χ3v) is 6.74. The maximum atomic E-state index is 13.2. The van der Waals surface area contributed by atoms with E-state index in [1.807, 2.05) is 55.1 Å². The number of benzene rings is 2. The minimum absolute atomic E-state index is 0.0406. The molecule has 2 aromatic carbocycles. The smallest absolute Gasteiger partial charge is 0.254 e. The highest BCUT2D eigenvalue weighted by atomic mass is 16.5. The second-order valence-electron chi connectivity index (χ2n) is 9.48. The quantitative estimate of drug-likeness (QED) is 0.450. The van der Waals surface area contributed by atoms with E-state index in [1.54, 1.807) is 43.4 Å². The number of hydrogen-bond acceptors (Lipinski definition) is 7. The number of nitrogens with zero attached hydrogens (tertiary/aromatic N) is 5.